The van der Waals surface area contributed by atoms with E-state index < -0.39 is 23.5 Å². The summed E-state index contributed by atoms with van der Waals surface area (Å²) in [5.74, 6) is -0.253. The van der Waals surface area contributed by atoms with Crippen LogP contribution in [-0.2, 0) is 4.74 Å². The maximum absolute atomic E-state index is 14.8. The van der Waals surface area contributed by atoms with Gasteiger partial charge in [0.25, 0.3) is 0 Å². The van der Waals surface area contributed by atoms with Crippen LogP contribution in [0.3, 0.4) is 0 Å². The lowest BCUT2D eigenvalue weighted by atomic mass is 10.0. The Morgan fingerprint density at radius 1 is 1.10 bits per heavy atom. The molecule has 0 radical (unpaired) electrons. The summed E-state index contributed by atoms with van der Waals surface area (Å²) in [5.41, 5.74) is 1.31. The van der Waals surface area contributed by atoms with Crippen molar-refractivity contribution in [2.24, 2.45) is 4.99 Å². The van der Waals surface area contributed by atoms with E-state index in [1.54, 1.807) is 54.3 Å². The lowest BCUT2D eigenvalue weighted by Gasteiger charge is -2.41. The number of nitrogens with zero attached hydrogens (tertiary/aromatic N) is 4. The van der Waals surface area contributed by atoms with Crippen molar-refractivity contribution in [3.05, 3.63) is 81.7 Å². The number of urea groups is 1. The average Bonchev–Trinajstić information content (AvgIpc) is 2.89. The van der Waals surface area contributed by atoms with Gasteiger partial charge in [0.05, 0.1) is 16.3 Å². The van der Waals surface area contributed by atoms with Gasteiger partial charge in [-0.3, -0.25) is 0 Å². The van der Waals surface area contributed by atoms with Crippen molar-refractivity contribution in [3.63, 3.8) is 0 Å². The molecule has 4 rings (SSSR count). The van der Waals surface area contributed by atoms with Crippen LogP contribution in [0.2, 0.25) is 10.2 Å². The van der Waals surface area contributed by atoms with Crippen LogP contribution in [0.1, 0.15) is 38.8 Å². The third-order valence-electron chi connectivity index (χ3n) is 6.41. The molecule has 216 valence electrons. The highest BCUT2D eigenvalue weighted by Gasteiger charge is 2.33. The number of ether oxygens (including phenoxy) is 1. The molecular weight excluding hydrogens is 568 g/mol. The van der Waals surface area contributed by atoms with E-state index in [-0.39, 0.29) is 33.3 Å². The Balaban J connectivity index is 1.72. The smallest absolute Gasteiger partial charge is 0.410 e. The SMILES string of the molecule is Cc1cccc(F)c1-c1nc(Cl)c(C(=NC(=O)Nc2ccccc2)N2CCN(C(=O)OC(C)(C)C)C[C@@H]2C)cc1Cl. The molecule has 1 aliphatic rings. The maximum atomic E-state index is 14.8. The van der Waals surface area contributed by atoms with Crippen LogP contribution in [-0.4, -0.2) is 64.0 Å². The number of piperazine rings is 1. The number of aliphatic imine (C=N–C) groups is 1. The Kier molecular flexibility index (Phi) is 9.19. The second-order valence-corrected chi connectivity index (χ2v) is 11.6. The van der Waals surface area contributed by atoms with Gasteiger partial charge in [0.2, 0.25) is 0 Å². The number of benzene rings is 2. The van der Waals surface area contributed by atoms with Gasteiger partial charge in [-0.2, -0.15) is 4.99 Å². The minimum absolute atomic E-state index is 0.0000797. The monoisotopic (exact) mass is 599 g/mol. The second-order valence-electron chi connectivity index (χ2n) is 10.8. The number of halogens is 3. The fraction of sp³-hybridized carbons (Fsp3) is 0.333. The lowest BCUT2D eigenvalue weighted by Crippen LogP contribution is -2.56. The van der Waals surface area contributed by atoms with Crippen LogP contribution in [0.5, 0.6) is 0 Å². The highest BCUT2D eigenvalue weighted by Crippen LogP contribution is 2.34. The van der Waals surface area contributed by atoms with Crippen molar-refractivity contribution in [3.8, 4) is 11.3 Å². The molecule has 11 heteroatoms. The van der Waals surface area contributed by atoms with Crippen molar-refractivity contribution in [2.75, 3.05) is 25.0 Å². The Morgan fingerprint density at radius 3 is 2.44 bits per heavy atom. The number of aryl methyl sites for hydroxylation is 1. The van der Waals surface area contributed by atoms with Gasteiger partial charge in [0, 0.05) is 36.9 Å². The fourth-order valence-electron chi connectivity index (χ4n) is 4.54. The number of nitrogens with one attached hydrogen (secondary N) is 1. The number of amides is 3. The summed E-state index contributed by atoms with van der Waals surface area (Å²) in [5, 5.41) is 2.90. The normalized spacial score (nSPS) is 16.0. The molecule has 2 heterocycles. The van der Waals surface area contributed by atoms with Gasteiger partial charge in [-0.05, 0) is 64.4 Å². The molecule has 0 saturated carbocycles. The second kappa shape index (κ2) is 12.4. The zero-order chi connectivity index (χ0) is 29.9. The summed E-state index contributed by atoms with van der Waals surface area (Å²) in [6.07, 6.45) is -0.420. The molecule has 1 aromatic heterocycles. The number of para-hydroxylation sites is 1. The first-order valence-corrected chi connectivity index (χ1v) is 13.9. The van der Waals surface area contributed by atoms with E-state index in [4.69, 9.17) is 27.9 Å². The van der Waals surface area contributed by atoms with E-state index in [1.165, 1.54) is 6.07 Å². The van der Waals surface area contributed by atoms with Crippen molar-refractivity contribution in [1.82, 2.24) is 14.8 Å². The molecule has 0 spiro atoms. The number of rotatable bonds is 3. The maximum Gasteiger partial charge on any atom is 0.410 e. The van der Waals surface area contributed by atoms with Crippen LogP contribution < -0.4 is 5.32 Å². The van der Waals surface area contributed by atoms with Gasteiger partial charge in [-0.1, -0.05) is 53.5 Å². The van der Waals surface area contributed by atoms with Crippen molar-refractivity contribution in [1.29, 1.82) is 0 Å². The van der Waals surface area contributed by atoms with E-state index in [0.717, 1.165) is 0 Å². The van der Waals surface area contributed by atoms with E-state index in [2.05, 4.69) is 15.3 Å². The first kappa shape index (κ1) is 30.3. The topological polar surface area (TPSA) is 87.1 Å². The Bertz CT molecular complexity index is 1460. The summed E-state index contributed by atoms with van der Waals surface area (Å²) < 4.78 is 20.3. The van der Waals surface area contributed by atoms with E-state index in [9.17, 15) is 14.0 Å². The molecule has 1 aliphatic heterocycles. The number of hydrogen-bond donors (Lipinski definition) is 1. The van der Waals surface area contributed by atoms with Crippen LogP contribution in [0.25, 0.3) is 11.3 Å². The lowest BCUT2D eigenvalue weighted by molar-refractivity contribution is 0.0134. The third kappa shape index (κ3) is 7.34. The highest BCUT2D eigenvalue weighted by atomic mass is 35.5. The minimum Gasteiger partial charge on any atom is -0.444 e. The Morgan fingerprint density at radius 2 is 1.80 bits per heavy atom. The minimum atomic E-state index is -0.631. The molecule has 0 bridgehead atoms. The van der Waals surface area contributed by atoms with Crippen LogP contribution >= 0.6 is 23.2 Å². The standard InChI is InChI=1S/C30H32Cl2FN5O3/c1-18-10-9-13-23(33)24(18)25-22(31)16-21(26(32)35-25)27(36-28(39)34-20-11-7-6-8-12-20)38-15-14-37(17-19(38)2)29(40)41-30(3,4)5/h6-13,16,19H,14-15,17H2,1-5H3,(H,34,39)/t19-/m0/s1. The summed E-state index contributed by atoms with van der Waals surface area (Å²) in [7, 11) is 0. The van der Waals surface area contributed by atoms with Gasteiger partial charge < -0.3 is 19.9 Å². The number of hydrogen-bond acceptors (Lipinski definition) is 4. The van der Waals surface area contributed by atoms with Gasteiger partial charge in [-0.25, -0.2) is 19.0 Å². The Hall–Kier alpha value is -3.69. The average molecular weight is 601 g/mol. The van der Waals surface area contributed by atoms with E-state index in [0.29, 0.717) is 36.4 Å². The number of anilines is 1. The molecule has 1 fully saturated rings. The fourth-order valence-corrected chi connectivity index (χ4v) is 5.01. The Labute approximate surface area is 249 Å². The van der Waals surface area contributed by atoms with Crippen LogP contribution in [0, 0.1) is 12.7 Å². The van der Waals surface area contributed by atoms with Crippen LogP contribution in [0.15, 0.2) is 59.6 Å². The molecule has 1 atom stereocenters. The molecule has 8 nitrogen and oxygen atoms in total. The number of carbonyl (C=O) groups excluding carboxylic acids is 2. The molecule has 0 unspecified atom stereocenters. The number of aromatic nitrogens is 1. The first-order valence-electron chi connectivity index (χ1n) is 13.1. The summed E-state index contributed by atoms with van der Waals surface area (Å²) in [6, 6.07) is 14.2. The van der Waals surface area contributed by atoms with Crippen molar-refractivity contribution in [2.45, 2.75) is 46.3 Å². The van der Waals surface area contributed by atoms with Crippen LogP contribution in [0.4, 0.5) is 19.7 Å². The quantitative estimate of drug-likeness (QED) is 0.192. The summed E-state index contributed by atoms with van der Waals surface area (Å²) in [6.45, 7) is 10.1. The molecule has 1 N–H and O–H groups in total. The zero-order valence-corrected chi connectivity index (χ0v) is 25.1. The molecule has 3 amide bonds. The summed E-state index contributed by atoms with van der Waals surface area (Å²) >= 11 is 13.4. The predicted octanol–water partition coefficient (Wildman–Crippen LogP) is 7.42. The van der Waals surface area contributed by atoms with Gasteiger partial charge in [0.1, 0.15) is 22.4 Å². The molecule has 1 saturated heterocycles. The molecule has 41 heavy (non-hydrogen) atoms. The molecular formula is C30H32Cl2FN5O3. The molecule has 0 aliphatic carbocycles. The summed E-state index contributed by atoms with van der Waals surface area (Å²) in [4.78, 5) is 38.1. The molecule has 2 aromatic carbocycles. The number of pyridine rings is 1. The van der Waals surface area contributed by atoms with E-state index >= 15 is 0 Å². The zero-order valence-electron chi connectivity index (χ0n) is 23.5. The van der Waals surface area contributed by atoms with Gasteiger partial charge in [-0.15, -0.1) is 0 Å². The number of amidine groups is 1. The predicted molar refractivity (Wildman–Crippen MR) is 160 cm³/mol. The highest BCUT2D eigenvalue weighted by molar-refractivity contribution is 6.36. The van der Waals surface area contributed by atoms with E-state index in [1.807, 2.05) is 38.7 Å². The largest absolute Gasteiger partial charge is 0.444 e. The van der Waals surface area contributed by atoms with Gasteiger partial charge in [0.15, 0.2) is 0 Å². The first-order chi connectivity index (χ1) is 19.3. The van der Waals surface area contributed by atoms with Gasteiger partial charge >= 0.3 is 12.1 Å². The van der Waals surface area contributed by atoms with Crippen molar-refractivity contribution < 1.29 is 18.7 Å². The van der Waals surface area contributed by atoms with Crippen molar-refractivity contribution >= 4 is 46.8 Å². The third-order valence-corrected chi connectivity index (χ3v) is 6.99. The molecule has 3 aromatic rings. The number of carbonyl (C=O) groups is 2.